The van der Waals surface area contributed by atoms with Crippen LogP contribution in [0.15, 0.2) is 24.3 Å². The van der Waals surface area contributed by atoms with Gasteiger partial charge in [-0.25, -0.2) is 0 Å². The highest BCUT2D eigenvalue weighted by molar-refractivity contribution is 5.95. The van der Waals surface area contributed by atoms with Crippen molar-refractivity contribution in [3.05, 3.63) is 29.8 Å². The monoisotopic (exact) mass is 317 g/mol. The van der Waals surface area contributed by atoms with E-state index in [9.17, 15) is 9.59 Å². The van der Waals surface area contributed by atoms with Gasteiger partial charge in [0.15, 0.2) is 0 Å². The summed E-state index contributed by atoms with van der Waals surface area (Å²) in [7, 11) is 3.92. The van der Waals surface area contributed by atoms with Crippen molar-refractivity contribution in [3.8, 4) is 0 Å². The molecule has 0 spiro atoms. The predicted molar refractivity (Wildman–Crippen MR) is 92.7 cm³/mol. The van der Waals surface area contributed by atoms with Gasteiger partial charge >= 0.3 is 0 Å². The van der Waals surface area contributed by atoms with E-state index in [1.807, 2.05) is 53.1 Å². The molecule has 126 valence electrons. The second-order valence-electron chi connectivity index (χ2n) is 6.72. The van der Waals surface area contributed by atoms with Gasteiger partial charge in [-0.3, -0.25) is 9.59 Å². The van der Waals surface area contributed by atoms with Crippen LogP contribution < -0.4 is 4.90 Å². The van der Waals surface area contributed by atoms with E-state index in [0.29, 0.717) is 44.1 Å². The first-order valence-corrected chi connectivity index (χ1v) is 8.23. The van der Waals surface area contributed by atoms with E-state index in [2.05, 4.69) is 13.8 Å². The summed E-state index contributed by atoms with van der Waals surface area (Å²) in [6.45, 7) is 6.57. The Labute approximate surface area is 138 Å². The van der Waals surface area contributed by atoms with Crippen LogP contribution in [0.4, 0.5) is 5.69 Å². The Bertz CT molecular complexity index is 561. The van der Waals surface area contributed by atoms with E-state index in [4.69, 9.17) is 0 Å². The maximum absolute atomic E-state index is 12.6. The summed E-state index contributed by atoms with van der Waals surface area (Å²) in [6.07, 6.45) is 0.582. The number of amides is 2. The highest BCUT2D eigenvalue weighted by Gasteiger charge is 2.25. The van der Waals surface area contributed by atoms with Crippen molar-refractivity contribution in [2.24, 2.45) is 5.92 Å². The van der Waals surface area contributed by atoms with E-state index in [1.54, 1.807) is 0 Å². The van der Waals surface area contributed by atoms with Gasteiger partial charge in [0, 0.05) is 57.9 Å². The van der Waals surface area contributed by atoms with Crippen LogP contribution in [0.5, 0.6) is 0 Å². The molecule has 1 heterocycles. The van der Waals surface area contributed by atoms with E-state index in [0.717, 1.165) is 5.69 Å². The Hall–Kier alpha value is -2.04. The summed E-state index contributed by atoms with van der Waals surface area (Å²) in [5.74, 6) is 0.613. The highest BCUT2D eigenvalue weighted by atomic mass is 16.2. The first-order chi connectivity index (χ1) is 10.9. The second kappa shape index (κ2) is 7.49. The van der Waals surface area contributed by atoms with Crippen molar-refractivity contribution in [1.82, 2.24) is 9.80 Å². The van der Waals surface area contributed by atoms with Gasteiger partial charge in [-0.05, 0) is 24.1 Å². The first-order valence-electron chi connectivity index (χ1n) is 8.23. The molecule has 1 fully saturated rings. The number of hydrogen-bond acceptors (Lipinski definition) is 3. The molecule has 0 radical (unpaired) electrons. The molecule has 2 rings (SSSR count). The lowest BCUT2D eigenvalue weighted by molar-refractivity contribution is -0.133. The van der Waals surface area contributed by atoms with E-state index in [-0.39, 0.29) is 11.8 Å². The summed E-state index contributed by atoms with van der Waals surface area (Å²) in [5, 5.41) is 0. The van der Waals surface area contributed by atoms with Crippen LogP contribution in [0, 0.1) is 5.92 Å². The quantitative estimate of drug-likeness (QED) is 0.854. The minimum absolute atomic E-state index is 0.0460. The molecular weight excluding hydrogens is 290 g/mol. The molecule has 5 nitrogen and oxygen atoms in total. The Morgan fingerprint density at radius 1 is 1.09 bits per heavy atom. The molecule has 0 bridgehead atoms. The van der Waals surface area contributed by atoms with Crippen LogP contribution >= 0.6 is 0 Å². The summed E-state index contributed by atoms with van der Waals surface area (Å²) in [5.41, 5.74) is 1.72. The zero-order chi connectivity index (χ0) is 17.0. The molecule has 2 amide bonds. The fraction of sp³-hybridized carbons (Fsp3) is 0.556. The van der Waals surface area contributed by atoms with Crippen LogP contribution in [0.1, 0.15) is 30.6 Å². The van der Waals surface area contributed by atoms with Crippen LogP contribution in [0.3, 0.4) is 0 Å². The number of benzene rings is 1. The number of anilines is 1. The number of nitrogens with zero attached hydrogens (tertiary/aromatic N) is 3. The largest absolute Gasteiger partial charge is 0.378 e. The molecule has 5 heteroatoms. The van der Waals surface area contributed by atoms with Gasteiger partial charge in [0.25, 0.3) is 5.91 Å². The number of rotatable bonds is 4. The fourth-order valence-electron chi connectivity index (χ4n) is 2.74. The van der Waals surface area contributed by atoms with Gasteiger partial charge in [0.2, 0.25) is 5.91 Å². The van der Waals surface area contributed by atoms with Gasteiger partial charge < -0.3 is 14.7 Å². The molecular formula is C18H27N3O2. The van der Waals surface area contributed by atoms with Gasteiger partial charge in [-0.15, -0.1) is 0 Å². The summed E-state index contributed by atoms with van der Waals surface area (Å²) < 4.78 is 0. The molecule has 0 saturated carbocycles. The Morgan fingerprint density at radius 2 is 1.70 bits per heavy atom. The van der Waals surface area contributed by atoms with Crippen molar-refractivity contribution in [2.45, 2.75) is 20.3 Å². The van der Waals surface area contributed by atoms with Crippen LogP contribution in [-0.4, -0.2) is 61.9 Å². The lowest BCUT2D eigenvalue weighted by Crippen LogP contribution is -2.50. The van der Waals surface area contributed by atoms with Crippen molar-refractivity contribution >= 4 is 17.5 Å². The van der Waals surface area contributed by atoms with Crippen LogP contribution in [0.2, 0.25) is 0 Å². The molecule has 1 aromatic carbocycles. The molecule has 1 aliphatic rings. The van der Waals surface area contributed by atoms with Crippen molar-refractivity contribution in [1.29, 1.82) is 0 Å². The third-order valence-electron chi connectivity index (χ3n) is 4.11. The SMILES string of the molecule is CC(C)CC(=O)N1CCN(C(=O)c2cccc(N(C)C)c2)CC1. The Balaban J connectivity index is 1.96. The second-order valence-corrected chi connectivity index (χ2v) is 6.72. The van der Waals surface area contributed by atoms with E-state index < -0.39 is 0 Å². The van der Waals surface area contributed by atoms with E-state index >= 15 is 0 Å². The van der Waals surface area contributed by atoms with Gasteiger partial charge in [0.1, 0.15) is 0 Å². The number of carbonyl (C=O) groups is 2. The minimum Gasteiger partial charge on any atom is -0.378 e. The van der Waals surface area contributed by atoms with Crippen LogP contribution in [0.25, 0.3) is 0 Å². The summed E-state index contributed by atoms with van der Waals surface area (Å²) in [4.78, 5) is 30.4. The molecule has 0 aliphatic carbocycles. The molecule has 23 heavy (non-hydrogen) atoms. The predicted octanol–water partition coefficient (Wildman–Crippen LogP) is 2.08. The third-order valence-corrected chi connectivity index (χ3v) is 4.11. The lowest BCUT2D eigenvalue weighted by atomic mass is 10.1. The van der Waals surface area contributed by atoms with Gasteiger partial charge in [0.05, 0.1) is 0 Å². The van der Waals surface area contributed by atoms with Crippen LogP contribution in [-0.2, 0) is 4.79 Å². The standard InChI is InChI=1S/C18H27N3O2/c1-14(2)12-17(22)20-8-10-21(11-9-20)18(23)15-6-5-7-16(13-15)19(3)4/h5-7,13-14H,8-12H2,1-4H3. The zero-order valence-electron chi connectivity index (χ0n) is 14.6. The number of carbonyl (C=O) groups excluding carboxylic acids is 2. The fourth-order valence-corrected chi connectivity index (χ4v) is 2.74. The van der Waals surface area contributed by atoms with Crippen molar-refractivity contribution in [3.63, 3.8) is 0 Å². The zero-order valence-corrected chi connectivity index (χ0v) is 14.6. The van der Waals surface area contributed by atoms with Gasteiger partial charge in [-0.2, -0.15) is 0 Å². The Morgan fingerprint density at radius 3 is 2.26 bits per heavy atom. The maximum Gasteiger partial charge on any atom is 0.254 e. The first kappa shape index (κ1) is 17.3. The lowest BCUT2D eigenvalue weighted by Gasteiger charge is -2.35. The topological polar surface area (TPSA) is 43.9 Å². The third kappa shape index (κ3) is 4.47. The molecule has 1 aliphatic heterocycles. The Kier molecular flexibility index (Phi) is 5.64. The summed E-state index contributed by atoms with van der Waals surface area (Å²) >= 11 is 0. The summed E-state index contributed by atoms with van der Waals surface area (Å²) in [6, 6.07) is 7.66. The molecule has 1 aromatic rings. The average Bonchev–Trinajstić information content (AvgIpc) is 2.53. The molecule has 0 aromatic heterocycles. The van der Waals surface area contributed by atoms with E-state index in [1.165, 1.54) is 0 Å². The van der Waals surface area contributed by atoms with Crippen molar-refractivity contribution in [2.75, 3.05) is 45.2 Å². The molecule has 0 atom stereocenters. The molecule has 1 saturated heterocycles. The average molecular weight is 317 g/mol. The maximum atomic E-state index is 12.6. The number of piperazine rings is 1. The highest BCUT2D eigenvalue weighted by Crippen LogP contribution is 2.16. The number of hydrogen-bond donors (Lipinski definition) is 0. The molecule has 0 unspecified atom stereocenters. The van der Waals surface area contributed by atoms with Gasteiger partial charge in [-0.1, -0.05) is 19.9 Å². The molecule has 0 N–H and O–H groups in total. The van der Waals surface area contributed by atoms with Crippen molar-refractivity contribution < 1.29 is 9.59 Å². The normalized spacial score (nSPS) is 15.0. The smallest absolute Gasteiger partial charge is 0.254 e. The minimum atomic E-state index is 0.0460.